The van der Waals surface area contributed by atoms with Crippen LogP contribution in [0.3, 0.4) is 0 Å². The molecule has 1 nitrogen and oxygen atoms in total. The highest BCUT2D eigenvalue weighted by molar-refractivity contribution is 5.24. The molecule has 0 amide bonds. The Bertz CT molecular complexity index is 250. The third-order valence-electron chi connectivity index (χ3n) is 2.74. The molecule has 1 rings (SSSR count). The normalized spacial score (nSPS) is 12.8. The van der Waals surface area contributed by atoms with Gasteiger partial charge in [-0.3, -0.25) is 0 Å². The zero-order valence-electron chi connectivity index (χ0n) is 9.29. The summed E-state index contributed by atoms with van der Waals surface area (Å²) in [6.45, 7) is 5.11. The molecule has 0 saturated carbocycles. The van der Waals surface area contributed by atoms with Crippen molar-refractivity contribution in [2.24, 2.45) is 5.73 Å². The first-order valence-corrected chi connectivity index (χ1v) is 5.54. The van der Waals surface area contributed by atoms with Crippen LogP contribution in [0.2, 0.25) is 0 Å². The topological polar surface area (TPSA) is 26.0 Å². The van der Waals surface area contributed by atoms with Crippen molar-refractivity contribution in [3.63, 3.8) is 0 Å². The molecule has 0 aromatic heterocycles. The first-order valence-electron chi connectivity index (χ1n) is 5.54. The Kier molecular flexibility index (Phi) is 4.68. The molecule has 1 atom stereocenters. The summed E-state index contributed by atoms with van der Waals surface area (Å²) < 4.78 is 0. The number of aryl methyl sites for hydroxylation is 1. The Morgan fingerprint density at radius 2 is 1.86 bits per heavy atom. The standard InChI is InChI=1S/C13H21N/c1-3-4-5-13(10-14)12-8-6-11(2)7-9-12/h6-9,13H,3-5,10,14H2,1-2H3. The minimum absolute atomic E-state index is 0.551. The summed E-state index contributed by atoms with van der Waals surface area (Å²) in [7, 11) is 0. The van der Waals surface area contributed by atoms with E-state index < -0.39 is 0 Å². The highest BCUT2D eigenvalue weighted by Gasteiger charge is 2.07. The molecule has 1 heteroatoms. The maximum Gasteiger partial charge on any atom is -0.000824 e. The van der Waals surface area contributed by atoms with E-state index in [1.165, 1.54) is 30.4 Å². The van der Waals surface area contributed by atoms with Crippen LogP contribution in [0, 0.1) is 6.92 Å². The average Bonchev–Trinajstić information content (AvgIpc) is 2.21. The van der Waals surface area contributed by atoms with Crippen molar-refractivity contribution in [1.82, 2.24) is 0 Å². The van der Waals surface area contributed by atoms with E-state index in [9.17, 15) is 0 Å². The quantitative estimate of drug-likeness (QED) is 0.759. The van der Waals surface area contributed by atoms with Gasteiger partial charge in [-0.05, 0) is 31.4 Å². The van der Waals surface area contributed by atoms with Gasteiger partial charge >= 0.3 is 0 Å². The molecule has 2 N–H and O–H groups in total. The van der Waals surface area contributed by atoms with Gasteiger partial charge < -0.3 is 5.73 Å². The zero-order valence-corrected chi connectivity index (χ0v) is 9.29. The molecule has 0 spiro atoms. The molecular formula is C13H21N. The predicted molar refractivity (Wildman–Crippen MR) is 62.5 cm³/mol. The highest BCUT2D eigenvalue weighted by Crippen LogP contribution is 2.21. The monoisotopic (exact) mass is 191 g/mol. The van der Waals surface area contributed by atoms with Crippen molar-refractivity contribution in [2.75, 3.05) is 6.54 Å². The molecule has 1 aromatic rings. The summed E-state index contributed by atoms with van der Waals surface area (Å²) in [5.41, 5.74) is 8.50. The second-order valence-corrected chi connectivity index (χ2v) is 3.99. The first-order chi connectivity index (χ1) is 6.77. The van der Waals surface area contributed by atoms with Crippen LogP contribution in [-0.4, -0.2) is 6.54 Å². The van der Waals surface area contributed by atoms with E-state index >= 15 is 0 Å². The van der Waals surface area contributed by atoms with E-state index in [0.29, 0.717) is 5.92 Å². The lowest BCUT2D eigenvalue weighted by molar-refractivity contribution is 0.592. The van der Waals surface area contributed by atoms with E-state index in [0.717, 1.165) is 6.54 Å². The molecule has 0 radical (unpaired) electrons. The molecular weight excluding hydrogens is 170 g/mol. The van der Waals surface area contributed by atoms with Gasteiger partial charge in [0.15, 0.2) is 0 Å². The van der Waals surface area contributed by atoms with Crippen molar-refractivity contribution in [3.8, 4) is 0 Å². The molecule has 0 aliphatic rings. The summed E-state index contributed by atoms with van der Waals surface area (Å²) in [6, 6.07) is 8.76. The van der Waals surface area contributed by atoms with Gasteiger partial charge in [0.25, 0.3) is 0 Å². The van der Waals surface area contributed by atoms with Gasteiger partial charge in [-0.15, -0.1) is 0 Å². The molecule has 0 aliphatic heterocycles. The Morgan fingerprint density at radius 3 is 2.36 bits per heavy atom. The van der Waals surface area contributed by atoms with Crippen molar-refractivity contribution >= 4 is 0 Å². The lowest BCUT2D eigenvalue weighted by atomic mass is 9.93. The van der Waals surface area contributed by atoms with Gasteiger partial charge in [-0.1, -0.05) is 49.6 Å². The van der Waals surface area contributed by atoms with Gasteiger partial charge in [0, 0.05) is 0 Å². The van der Waals surface area contributed by atoms with E-state index in [1.54, 1.807) is 0 Å². The number of unbranched alkanes of at least 4 members (excludes halogenated alkanes) is 1. The number of hydrogen-bond acceptors (Lipinski definition) is 1. The average molecular weight is 191 g/mol. The summed E-state index contributed by atoms with van der Waals surface area (Å²) in [6.07, 6.45) is 3.74. The maximum atomic E-state index is 5.78. The number of hydrogen-bond donors (Lipinski definition) is 1. The largest absolute Gasteiger partial charge is 0.330 e. The lowest BCUT2D eigenvalue weighted by Crippen LogP contribution is -2.12. The van der Waals surface area contributed by atoms with Crippen LogP contribution in [0.5, 0.6) is 0 Å². The molecule has 0 heterocycles. The predicted octanol–water partition coefficient (Wildman–Crippen LogP) is 3.23. The fourth-order valence-electron chi connectivity index (χ4n) is 1.71. The Morgan fingerprint density at radius 1 is 1.21 bits per heavy atom. The minimum Gasteiger partial charge on any atom is -0.330 e. The van der Waals surface area contributed by atoms with E-state index in [1.807, 2.05) is 0 Å². The van der Waals surface area contributed by atoms with Gasteiger partial charge in [-0.2, -0.15) is 0 Å². The van der Waals surface area contributed by atoms with Crippen LogP contribution in [0.25, 0.3) is 0 Å². The van der Waals surface area contributed by atoms with Crippen molar-refractivity contribution < 1.29 is 0 Å². The molecule has 14 heavy (non-hydrogen) atoms. The number of rotatable bonds is 5. The molecule has 0 fully saturated rings. The van der Waals surface area contributed by atoms with Crippen molar-refractivity contribution in [1.29, 1.82) is 0 Å². The lowest BCUT2D eigenvalue weighted by Gasteiger charge is -2.14. The van der Waals surface area contributed by atoms with E-state index in [4.69, 9.17) is 5.73 Å². The Labute approximate surface area is 87.3 Å². The summed E-state index contributed by atoms with van der Waals surface area (Å²) in [5.74, 6) is 0.551. The SMILES string of the molecule is CCCCC(CN)c1ccc(C)cc1. The molecule has 0 bridgehead atoms. The van der Waals surface area contributed by atoms with Crippen LogP contribution in [0.1, 0.15) is 43.2 Å². The van der Waals surface area contributed by atoms with Gasteiger partial charge in [0.05, 0.1) is 0 Å². The summed E-state index contributed by atoms with van der Waals surface area (Å²) in [4.78, 5) is 0. The number of nitrogens with two attached hydrogens (primary N) is 1. The fourth-order valence-corrected chi connectivity index (χ4v) is 1.71. The molecule has 0 saturated heterocycles. The van der Waals surface area contributed by atoms with Crippen LogP contribution < -0.4 is 5.73 Å². The molecule has 78 valence electrons. The fraction of sp³-hybridized carbons (Fsp3) is 0.538. The molecule has 1 unspecified atom stereocenters. The minimum atomic E-state index is 0.551. The van der Waals surface area contributed by atoms with Crippen LogP contribution in [-0.2, 0) is 0 Å². The van der Waals surface area contributed by atoms with Gasteiger partial charge in [-0.25, -0.2) is 0 Å². The Balaban J connectivity index is 2.64. The number of benzene rings is 1. The van der Waals surface area contributed by atoms with Gasteiger partial charge in [0.2, 0.25) is 0 Å². The van der Waals surface area contributed by atoms with Gasteiger partial charge in [0.1, 0.15) is 0 Å². The maximum absolute atomic E-state index is 5.78. The first kappa shape index (κ1) is 11.3. The second-order valence-electron chi connectivity index (χ2n) is 3.99. The third-order valence-corrected chi connectivity index (χ3v) is 2.74. The van der Waals surface area contributed by atoms with E-state index in [2.05, 4.69) is 38.1 Å². The zero-order chi connectivity index (χ0) is 10.4. The van der Waals surface area contributed by atoms with Crippen molar-refractivity contribution in [3.05, 3.63) is 35.4 Å². The summed E-state index contributed by atoms with van der Waals surface area (Å²) >= 11 is 0. The summed E-state index contributed by atoms with van der Waals surface area (Å²) in [5, 5.41) is 0. The van der Waals surface area contributed by atoms with Crippen LogP contribution in [0.4, 0.5) is 0 Å². The Hall–Kier alpha value is -0.820. The smallest absolute Gasteiger partial charge is 0.000824 e. The second kappa shape index (κ2) is 5.82. The van der Waals surface area contributed by atoms with Crippen LogP contribution >= 0.6 is 0 Å². The van der Waals surface area contributed by atoms with Crippen LogP contribution in [0.15, 0.2) is 24.3 Å². The highest BCUT2D eigenvalue weighted by atomic mass is 14.5. The third kappa shape index (κ3) is 3.15. The molecule has 1 aromatic carbocycles. The van der Waals surface area contributed by atoms with E-state index in [-0.39, 0.29) is 0 Å². The van der Waals surface area contributed by atoms with Crippen molar-refractivity contribution in [2.45, 2.75) is 39.0 Å². The molecule has 0 aliphatic carbocycles.